The van der Waals surface area contributed by atoms with Crippen molar-refractivity contribution in [2.45, 2.75) is 6.54 Å². The maximum atomic E-state index is 10.3. The Balaban J connectivity index is 2.79. The minimum atomic E-state index is 0.512. The Hall–Kier alpha value is -0.730. The first kappa shape index (κ1) is 10.4. The van der Waals surface area contributed by atoms with Crippen molar-refractivity contribution in [3.05, 3.63) is 33.8 Å². The zero-order chi connectivity index (χ0) is 9.84. The average molecular weight is 218 g/mol. The number of halogens is 2. The van der Waals surface area contributed by atoms with Crippen LogP contribution in [0.4, 0.5) is 0 Å². The highest BCUT2D eigenvalue weighted by molar-refractivity contribution is 6.42. The van der Waals surface area contributed by atoms with Gasteiger partial charge in [0, 0.05) is 13.6 Å². The Morgan fingerprint density at radius 2 is 2.08 bits per heavy atom. The number of rotatable bonds is 3. The van der Waals surface area contributed by atoms with E-state index in [-0.39, 0.29) is 0 Å². The van der Waals surface area contributed by atoms with Crippen molar-refractivity contribution in [3.63, 3.8) is 0 Å². The van der Waals surface area contributed by atoms with Crippen LogP contribution in [0.25, 0.3) is 0 Å². The number of hydrogen-bond acceptors (Lipinski definition) is 1. The summed E-state index contributed by atoms with van der Waals surface area (Å²) in [6.07, 6.45) is 0.766. The fourth-order valence-electron chi connectivity index (χ4n) is 0.963. The minimum Gasteiger partial charge on any atom is -0.344 e. The highest BCUT2D eigenvalue weighted by atomic mass is 35.5. The molecule has 0 aliphatic carbocycles. The van der Waals surface area contributed by atoms with Gasteiger partial charge in [0.05, 0.1) is 10.0 Å². The molecule has 1 aromatic carbocycles. The molecule has 0 N–H and O–H groups in total. The van der Waals surface area contributed by atoms with Gasteiger partial charge < -0.3 is 4.90 Å². The Labute approximate surface area is 87.1 Å². The van der Waals surface area contributed by atoms with E-state index in [1.54, 1.807) is 19.2 Å². The van der Waals surface area contributed by atoms with E-state index < -0.39 is 0 Å². The van der Waals surface area contributed by atoms with Gasteiger partial charge in [-0.1, -0.05) is 29.3 Å². The molecule has 0 aliphatic rings. The van der Waals surface area contributed by atoms with Gasteiger partial charge in [-0.15, -0.1) is 0 Å². The minimum absolute atomic E-state index is 0.512. The first-order chi connectivity index (χ1) is 6.13. The van der Waals surface area contributed by atoms with Gasteiger partial charge in [-0.25, -0.2) is 0 Å². The van der Waals surface area contributed by atoms with Gasteiger partial charge in [-0.2, -0.15) is 0 Å². The molecule has 0 unspecified atom stereocenters. The van der Waals surface area contributed by atoms with E-state index >= 15 is 0 Å². The van der Waals surface area contributed by atoms with Crippen LogP contribution < -0.4 is 0 Å². The van der Waals surface area contributed by atoms with Crippen molar-refractivity contribution >= 4 is 29.6 Å². The standard InChI is InChI=1S/C9H9Cl2NO/c1-12(6-13)5-7-2-3-8(10)9(11)4-7/h2-4,6H,5H2,1H3. The second kappa shape index (κ2) is 4.49. The summed E-state index contributed by atoms with van der Waals surface area (Å²) in [4.78, 5) is 11.9. The van der Waals surface area contributed by atoms with Crippen LogP contribution in [0, 0.1) is 0 Å². The molecule has 0 spiro atoms. The zero-order valence-corrected chi connectivity index (χ0v) is 8.64. The SMILES string of the molecule is CN(C=O)Cc1ccc(Cl)c(Cl)c1. The normalized spacial score (nSPS) is 9.77. The molecule has 0 fully saturated rings. The third-order valence-electron chi connectivity index (χ3n) is 1.60. The number of benzene rings is 1. The van der Waals surface area contributed by atoms with Crippen molar-refractivity contribution in [3.8, 4) is 0 Å². The van der Waals surface area contributed by atoms with Crippen molar-refractivity contribution in [1.82, 2.24) is 4.90 Å². The van der Waals surface area contributed by atoms with Gasteiger partial charge in [-0.05, 0) is 17.7 Å². The summed E-state index contributed by atoms with van der Waals surface area (Å²) in [5.41, 5.74) is 0.962. The lowest BCUT2D eigenvalue weighted by molar-refractivity contribution is -0.117. The number of carbonyl (C=O) groups is 1. The lowest BCUT2D eigenvalue weighted by Gasteiger charge is -2.10. The van der Waals surface area contributed by atoms with Crippen molar-refractivity contribution in [2.75, 3.05) is 7.05 Å². The fraction of sp³-hybridized carbons (Fsp3) is 0.222. The maximum Gasteiger partial charge on any atom is 0.209 e. The van der Waals surface area contributed by atoms with Crippen LogP contribution in [0.5, 0.6) is 0 Å². The van der Waals surface area contributed by atoms with Gasteiger partial charge in [0.25, 0.3) is 0 Å². The molecule has 1 rings (SSSR count). The number of nitrogens with zero attached hydrogens (tertiary/aromatic N) is 1. The maximum absolute atomic E-state index is 10.3. The molecule has 0 aromatic heterocycles. The molecule has 0 saturated heterocycles. The molecule has 0 radical (unpaired) electrons. The lowest BCUT2D eigenvalue weighted by Crippen LogP contribution is -2.14. The second-order valence-electron chi connectivity index (χ2n) is 2.77. The fourth-order valence-corrected chi connectivity index (χ4v) is 1.28. The Morgan fingerprint density at radius 3 is 2.62 bits per heavy atom. The number of carbonyl (C=O) groups excluding carboxylic acids is 1. The van der Waals surface area contributed by atoms with E-state index in [0.717, 1.165) is 12.0 Å². The van der Waals surface area contributed by atoms with Gasteiger partial charge >= 0.3 is 0 Å². The molecular formula is C9H9Cl2NO. The van der Waals surface area contributed by atoms with Gasteiger partial charge in [0.2, 0.25) is 6.41 Å². The highest BCUT2D eigenvalue weighted by Crippen LogP contribution is 2.22. The van der Waals surface area contributed by atoms with Gasteiger partial charge in [0.15, 0.2) is 0 Å². The van der Waals surface area contributed by atoms with E-state index in [9.17, 15) is 4.79 Å². The van der Waals surface area contributed by atoms with E-state index in [1.165, 1.54) is 4.90 Å². The first-order valence-electron chi connectivity index (χ1n) is 3.73. The smallest absolute Gasteiger partial charge is 0.209 e. The van der Waals surface area contributed by atoms with Crippen LogP contribution in [0.15, 0.2) is 18.2 Å². The molecule has 0 saturated carbocycles. The molecule has 0 bridgehead atoms. The quantitative estimate of drug-likeness (QED) is 0.714. The summed E-state index contributed by atoms with van der Waals surface area (Å²) in [7, 11) is 1.70. The van der Waals surface area contributed by atoms with E-state index in [4.69, 9.17) is 23.2 Å². The Kier molecular flexibility index (Phi) is 3.58. The van der Waals surface area contributed by atoms with Crippen molar-refractivity contribution < 1.29 is 4.79 Å². The van der Waals surface area contributed by atoms with Crippen LogP contribution in [-0.4, -0.2) is 18.4 Å². The van der Waals surface area contributed by atoms with Crippen LogP contribution in [0.2, 0.25) is 10.0 Å². The summed E-state index contributed by atoms with van der Waals surface area (Å²) in [6.45, 7) is 0.542. The van der Waals surface area contributed by atoms with Crippen molar-refractivity contribution in [1.29, 1.82) is 0 Å². The topological polar surface area (TPSA) is 20.3 Å². The summed E-state index contributed by atoms with van der Waals surface area (Å²) in [5, 5.41) is 1.04. The van der Waals surface area contributed by atoms with Crippen LogP contribution >= 0.6 is 23.2 Å². The highest BCUT2D eigenvalue weighted by Gasteiger charge is 2.01. The van der Waals surface area contributed by atoms with Gasteiger partial charge in [-0.3, -0.25) is 4.79 Å². The number of hydrogen-bond donors (Lipinski definition) is 0. The van der Waals surface area contributed by atoms with E-state index in [0.29, 0.717) is 16.6 Å². The predicted octanol–water partition coefficient (Wildman–Crippen LogP) is 2.58. The molecule has 70 valence electrons. The van der Waals surface area contributed by atoms with E-state index in [1.807, 2.05) is 6.07 Å². The summed E-state index contributed by atoms with van der Waals surface area (Å²) in [5.74, 6) is 0. The number of amides is 1. The molecular weight excluding hydrogens is 209 g/mol. The van der Waals surface area contributed by atoms with E-state index in [2.05, 4.69) is 0 Å². The third-order valence-corrected chi connectivity index (χ3v) is 2.33. The summed E-state index contributed by atoms with van der Waals surface area (Å²) < 4.78 is 0. The monoisotopic (exact) mass is 217 g/mol. The molecule has 0 atom stereocenters. The molecule has 0 aliphatic heterocycles. The molecule has 13 heavy (non-hydrogen) atoms. The Morgan fingerprint density at radius 1 is 1.38 bits per heavy atom. The lowest BCUT2D eigenvalue weighted by atomic mass is 10.2. The van der Waals surface area contributed by atoms with Crippen LogP contribution in [-0.2, 0) is 11.3 Å². The second-order valence-corrected chi connectivity index (χ2v) is 3.58. The molecule has 1 amide bonds. The first-order valence-corrected chi connectivity index (χ1v) is 4.48. The average Bonchev–Trinajstić information content (AvgIpc) is 2.11. The Bertz CT molecular complexity index is 314. The molecule has 4 heteroatoms. The largest absolute Gasteiger partial charge is 0.344 e. The molecule has 1 aromatic rings. The summed E-state index contributed by atoms with van der Waals surface area (Å²) in [6, 6.07) is 5.32. The molecule has 0 heterocycles. The molecule has 2 nitrogen and oxygen atoms in total. The third kappa shape index (κ3) is 2.90. The van der Waals surface area contributed by atoms with Crippen LogP contribution in [0.1, 0.15) is 5.56 Å². The predicted molar refractivity (Wildman–Crippen MR) is 54.0 cm³/mol. The van der Waals surface area contributed by atoms with Crippen molar-refractivity contribution in [2.24, 2.45) is 0 Å². The van der Waals surface area contributed by atoms with Gasteiger partial charge in [0.1, 0.15) is 0 Å². The van der Waals surface area contributed by atoms with Crippen LogP contribution in [0.3, 0.4) is 0 Å². The zero-order valence-electron chi connectivity index (χ0n) is 7.13. The summed E-state index contributed by atoms with van der Waals surface area (Å²) >= 11 is 11.5.